The highest BCUT2D eigenvalue weighted by Crippen LogP contribution is 2.19. The Morgan fingerprint density at radius 3 is 2.69 bits per heavy atom. The SMILES string of the molecule is COC(=O)[C@H]1N=C(C(Cl)Cl)O[C@H]1C. The molecule has 0 amide bonds. The zero-order valence-corrected chi connectivity index (χ0v) is 8.67. The number of esters is 1. The molecular formula is C7H9Cl2NO3. The van der Waals surface area contributed by atoms with E-state index in [1.54, 1.807) is 6.92 Å². The first-order valence-electron chi connectivity index (χ1n) is 3.66. The summed E-state index contributed by atoms with van der Waals surface area (Å²) < 4.78 is 9.66. The van der Waals surface area contributed by atoms with Gasteiger partial charge in [0, 0.05) is 0 Å². The minimum Gasteiger partial charge on any atom is -0.473 e. The van der Waals surface area contributed by atoms with Gasteiger partial charge in [0.15, 0.2) is 10.9 Å². The fourth-order valence-electron chi connectivity index (χ4n) is 1.00. The molecule has 13 heavy (non-hydrogen) atoms. The number of carbonyl (C=O) groups is 1. The third-order valence-electron chi connectivity index (χ3n) is 1.65. The van der Waals surface area contributed by atoms with E-state index in [1.165, 1.54) is 7.11 Å². The number of hydrogen-bond donors (Lipinski definition) is 0. The number of carbonyl (C=O) groups excluding carboxylic acids is 1. The van der Waals surface area contributed by atoms with Crippen LogP contribution in [-0.4, -0.2) is 36.0 Å². The molecule has 0 saturated heterocycles. The third-order valence-corrected chi connectivity index (χ3v) is 2.02. The molecule has 1 aliphatic heterocycles. The molecule has 0 aromatic heterocycles. The predicted octanol–water partition coefficient (Wildman–Crippen LogP) is 1.15. The fourth-order valence-corrected chi connectivity index (χ4v) is 1.22. The molecule has 1 aliphatic rings. The van der Waals surface area contributed by atoms with Crippen molar-refractivity contribution in [2.75, 3.05) is 7.11 Å². The number of methoxy groups -OCH3 is 1. The Hall–Kier alpha value is -0.480. The smallest absolute Gasteiger partial charge is 0.334 e. The number of hydrogen-bond acceptors (Lipinski definition) is 4. The van der Waals surface area contributed by atoms with Crippen molar-refractivity contribution < 1.29 is 14.3 Å². The maximum Gasteiger partial charge on any atom is 0.334 e. The van der Waals surface area contributed by atoms with Gasteiger partial charge >= 0.3 is 5.97 Å². The predicted molar refractivity (Wildman–Crippen MR) is 49.3 cm³/mol. The van der Waals surface area contributed by atoms with Crippen LogP contribution in [-0.2, 0) is 14.3 Å². The quantitative estimate of drug-likeness (QED) is 0.524. The molecule has 0 N–H and O–H groups in total. The van der Waals surface area contributed by atoms with E-state index in [0.717, 1.165) is 0 Å². The molecule has 4 nitrogen and oxygen atoms in total. The van der Waals surface area contributed by atoms with Crippen molar-refractivity contribution in [2.45, 2.75) is 23.9 Å². The molecule has 0 radical (unpaired) electrons. The largest absolute Gasteiger partial charge is 0.473 e. The van der Waals surface area contributed by atoms with Crippen LogP contribution in [0.15, 0.2) is 4.99 Å². The second-order valence-electron chi connectivity index (χ2n) is 2.56. The van der Waals surface area contributed by atoms with Crippen LogP contribution in [0.1, 0.15) is 6.92 Å². The second-order valence-corrected chi connectivity index (χ2v) is 3.66. The summed E-state index contributed by atoms with van der Waals surface area (Å²) in [6, 6.07) is -0.653. The van der Waals surface area contributed by atoms with Crippen LogP contribution in [0.2, 0.25) is 0 Å². The molecule has 0 saturated carbocycles. The van der Waals surface area contributed by atoms with Gasteiger partial charge in [0.25, 0.3) is 0 Å². The van der Waals surface area contributed by atoms with Gasteiger partial charge in [0.05, 0.1) is 7.11 Å². The van der Waals surface area contributed by atoms with E-state index >= 15 is 0 Å². The van der Waals surface area contributed by atoms with Crippen molar-refractivity contribution in [1.82, 2.24) is 0 Å². The zero-order chi connectivity index (χ0) is 10.0. The highest BCUT2D eigenvalue weighted by atomic mass is 35.5. The Morgan fingerprint density at radius 1 is 1.69 bits per heavy atom. The highest BCUT2D eigenvalue weighted by Gasteiger charge is 2.35. The lowest BCUT2D eigenvalue weighted by molar-refractivity contribution is -0.143. The van der Waals surface area contributed by atoms with Crippen molar-refractivity contribution in [2.24, 2.45) is 4.99 Å². The first-order chi connectivity index (χ1) is 6.06. The van der Waals surface area contributed by atoms with Crippen LogP contribution in [0.5, 0.6) is 0 Å². The maximum absolute atomic E-state index is 11.1. The van der Waals surface area contributed by atoms with E-state index in [9.17, 15) is 4.79 Å². The van der Waals surface area contributed by atoms with Gasteiger partial charge in [-0.2, -0.15) is 0 Å². The number of ether oxygens (including phenoxy) is 2. The van der Waals surface area contributed by atoms with Crippen molar-refractivity contribution >= 4 is 35.1 Å². The molecule has 2 atom stereocenters. The summed E-state index contributed by atoms with van der Waals surface area (Å²) in [7, 11) is 1.29. The molecule has 1 rings (SSSR count). The normalized spacial score (nSPS) is 27.0. The van der Waals surface area contributed by atoms with Crippen molar-refractivity contribution in [3.05, 3.63) is 0 Å². The van der Waals surface area contributed by atoms with Crippen molar-refractivity contribution in [3.8, 4) is 0 Å². The number of nitrogens with zero attached hydrogens (tertiary/aromatic N) is 1. The minimum atomic E-state index is -0.836. The molecule has 6 heteroatoms. The van der Waals surface area contributed by atoms with Gasteiger partial charge in [-0.1, -0.05) is 23.2 Å². The lowest BCUT2D eigenvalue weighted by atomic mass is 10.2. The molecule has 0 bridgehead atoms. The summed E-state index contributed by atoms with van der Waals surface area (Å²) in [5.74, 6) is -0.275. The van der Waals surface area contributed by atoms with Crippen LogP contribution in [0.25, 0.3) is 0 Å². The Labute approximate surface area is 85.8 Å². The third kappa shape index (κ3) is 2.25. The first kappa shape index (κ1) is 10.6. The van der Waals surface area contributed by atoms with Gasteiger partial charge in [0.2, 0.25) is 5.90 Å². The van der Waals surface area contributed by atoms with E-state index in [1.807, 2.05) is 0 Å². The average Bonchev–Trinajstić information content (AvgIpc) is 2.46. The lowest BCUT2D eigenvalue weighted by Crippen LogP contribution is -2.28. The molecular weight excluding hydrogens is 217 g/mol. The Bertz CT molecular complexity index is 242. The summed E-state index contributed by atoms with van der Waals surface area (Å²) in [4.78, 5) is 14.2. The van der Waals surface area contributed by atoms with Crippen LogP contribution >= 0.6 is 23.2 Å². The molecule has 0 aromatic rings. The van der Waals surface area contributed by atoms with Gasteiger partial charge < -0.3 is 9.47 Å². The molecule has 0 fully saturated rings. The van der Waals surface area contributed by atoms with E-state index in [-0.39, 0.29) is 12.0 Å². The van der Waals surface area contributed by atoms with Gasteiger partial charge in [-0.05, 0) is 6.92 Å². The van der Waals surface area contributed by atoms with Gasteiger partial charge in [0.1, 0.15) is 6.10 Å². The second kappa shape index (κ2) is 4.15. The van der Waals surface area contributed by atoms with Crippen LogP contribution in [0.4, 0.5) is 0 Å². The Kier molecular flexibility index (Phi) is 3.39. The maximum atomic E-state index is 11.1. The van der Waals surface area contributed by atoms with Crippen LogP contribution < -0.4 is 0 Å². The molecule has 0 aromatic carbocycles. The van der Waals surface area contributed by atoms with Gasteiger partial charge in [-0.25, -0.2) is 9.79 Å². The average molecular weight is 226 g/mol. The monoisotopic (exact) mass is 225 g/mol. The summed E-state index contributed by atoms with van der Waals surface area (Å²) >= 11 is 11.0. The molecule has 0 aliphatic carbocycles. The summed E-state index contributed by atoms with van der Waals surface area (Å²) in [6.45, 7) is 1.70. The number of rotatable bonds is 2. The molecule has 74 valence electrons. The molecule has 0 unspecified atom stereocenters. The van der Waals surface area contributed by atoms with Gasteiger partial charge in [-0.3, -0.25) is 0 Å². The lowest BCUT2D eigenvalue weighted by Gasteiger charge is -2.09. The first-order valence-corrected chi connectivity index (χ1v) is 4.54. The van der Waals surface area contributed by atoms with Crippen molar-refractivity contribution in [1.29, 1.82) is 0 Å². The highest BCUT2D eigenvalue weighted by molar-refractivity contribution is 6.53. The summed E-state index contributed by atoms with van der Waals surface area (Å²) in [6.07, 6.45) is -0.373. The van der Waals surface area contributed by atoms with E-state index < -0.39 is 16.8 Å². The number of alkyl halides is 2. The summed E-state index contributed by atoms with van der Waals surface area (Å²) in [5.41, 5.74) is 0. The molecule has 0 spiro atoms. The standard InChI is InChI=1S/C7H9Cl2NO3/c1-3-4(7(11)12-2)10-6(13-3)5(8)9/h3-5H,1-2H3/t3-,4-/m0/s1. The van der Waals surface area contributed by atoms with E-state index in [4.69, 9.17) is 27.9 Å². The Balaban J connectivity index is 2.72. The minimum absolute atomic E-state index is 0.172. The van der Waals surface area contributed by atoms with Crippen LogP contribution in [0.3, 0.4) is 0 Å². The number of halogens is 2. The summed E-state index contributed by atoms with van der Waals surface area (Å²) in [5, 5.41) is 0. The zero-order valence-electron chi connectivity index (χ0n) is 7.16. The molecule has 1 heterocycles. The topological polar surface area (TPSA) is 47.9 Å². The van der Waals surface area contributed by atoms with Gasteiger partial charge in [-0.15, -0.1) is 0 Å². The Morgan fingerprint density at radius 2 is 2.31 bits per heavy atom. The van der Waals surface area contributed by atoms with E-state index in [0.29, 0.717) is 0 Å². The van der Waals surface area contributed by atoms with Crippen LogP contribution in [0, 0.1) is 0 Å². The number of aliphatic imine (C=N–C) groups is 1. The fraction of sp³-hybridized carbons (Fsp3) is 0.714. The van der Waals surface area contributed by atoms with Crippen molar-refractivity contribution in [3.63, 3.8) is 0 Å². The van der Waals surface area contributed by atoms with E-state index in [2.05, 4.69) is 9.73 Å².